The predicted molar refractivity (Wildman–Crippen MR) is 95.1 cm³/mol. The molecule has 0 spiro atoms. The molecule has 3 rings (SSSR count). The molecule has 1 aliphatic heterocycles. The zero-order valence-electron chi connectivity index (χ0n) is 12.8. The molecule has 2 aromatic carbocycles. The molecule has 1 fully saturated rings. The van der Waals surface area contributed by atoms with Crippen molar-refractivity contribution in [3.05, 3.63) is 64.1 Å². The van der Waals surface area contributed by atoms with E-state index in [0.717, 1.165) is 5.56 Å². The van der Waals surface area contributed by atoms with Gasteiger partial charge in [-0.15, -0.1) is 0 Å². The molecule has 1 N–H and O–H groups in total. The van der Waals surface area contributed by atoms with Gasteiger partial charge in [-0.1, -0.05) is 59.6 Å². The van der Waals surface area contributed by atoms with Gasteiger partial charge in [0, 0.05) is 19.5 Å². The highest BCUT2D eigenvalue weighted by Crippen LogP contribution is 2.30. The number of hydrogen-bond donors (Lipinski definition) is 1. The molecule has 1 saturated heterocycles. The van der Waals surface area contributed by atoms with Gasteiger partial charge in [0.15, 0.2) is 0 Å². The maximum atomic E-state index is 12.4. The first-order valence-electron chi connectivity index (χ1n) is 7.61. The molecular weight excluding hydrogens is 347 g/mol. The maximum absolute atomic E-state index is 12.4. The molecule has 0 saturated carbocycles. The van der Waals surface area contributed by atoms with Gasteiger partial charge in [-0.05, 0) is 17.7 Å². The van der Waals surface area contributed by atoms with E-state index in [4.69, 9.17) is 23.2 Å². The minimum absolute atomic E-state index is 0.0174. The van der Waals surface area contributed by atoms with Crippen molar-refractivity contribution in [2.45, 2.75) is 13.0 Å². The highest BCUT2D eigenvalue weighted by molar-refractivity contribution is 6.44. The first-order valence-corrected chi connectivity index (χ1v) is 8.37. The highest BCUT2D eigenvalue weighted by Gasteiger charge is 2.34. The van der Waals surface area contributed by atoms with E-state index in [2.05, 4.69) is 5.32 Å². The molecule has 0 bridgehead atoms. The van der Waals surface area contributed by atoms with Crippen molar-refractivity contribution in [2.24, 2.45) is 5.92 Å². The van der Waals surface area contributed by atoms with Crippen molar-refractivity contribution in [3.63, 3.8) is 0 Å². The summed E-state index contributed by atoms with van der Waals surface area (Å²) in [5, 5.41) is 3.44. The van der Waals surface area contributed by atoms with Gasteiger partial charge >= 0.3 is 0 Å². The van der Waals surface area contributed by atoms with Crippen LogP contribution in [0.15, 0.2) is 48.5 Å². The van der Waals surface area contributed by atoms with Crippen molar-refractivity contribution in [3.8, 4) is 0 Å². The first-order chi connectivity index (χ1) is 11.5. The fourth-order valence-electron chi connectivity index (χ4n) is 2.74. The second-order valence-corrected chi connectivity index (χ2v) is 6.54. The minimum Gasteiger partial charge on any atom is -0.338 e. The standard InChI is InChI=1S/C18H16Cl2N2O2/c19-14-7-4-8-15(17(14)20)21-18(24)13-9-16(23)22(11-13)10-12-5-2-1-3-6-12/h1-8,13H,9-11H2,(H,21,24)/t13-/m1/s1. The molecule has 2 aromatic rings. The Morgan fingerprint density at radius 3 is 2.62 bits per heavy atom. The number of halogens is 2. The van der Waals surface area contributed by atoms with Gasteiger partial charge in [-0.25, -0.2) is 0 Å². The Morgan fingerprint density at radius 1 is 1.12 bits per heavy atom. The summed E-state index contributed by atoms with van der Waals surface area (Å²) in [4.78, 5) is 26.3. The van der Waals surface area contributed by atoms with E-state index in [0.29, 0.717) is 28.8 Å². The van der Waals surface area contributed by atoms with E-state index in [1.54, 1.807) is 23.1 Å². The summed E-state index contributed by atoms with van der Waals surface area (Å²) in [6, 6.07) is 14.8. The van der Waals surface area contributed by atoms with Gasteiger partial charge in [0.05, 0.1) is 21.7 Å². The van der Waals surface area contributed by atoms with E-state index in [1.807, 2.05) is 30.3 Å². The summed E-state index contributed by atoms with van der Waals surface area (Å²) in [5.74, 6) is -0.629. The van der Waals surface area contributed by atoms with Crippen LogP contribution in [-0.4, -0.2) is 23.3 Å². The molecule has 0 aromatic heterocycles. The summed E-state index contributed by atoms with van der Waals surface area (Å²) in [6.45, 7) is 0.916. The SMILES string of the molecule is O=C(Nc1cccc(Cl)c1Cl)[C@@H]1CC(=O)N(Cc2ccccc2)C1. The van der Waals surface area contributed by atoms with Crippen molar-refractivity contribution < 1.29 is 9.59 Å². The van der Waals surface area contributed by atoms with Crippen LogP contribution < -0.4 is 5.32 Å². The molecule has 124 valence electrons. The van der Waals surface area contributed by atoms with E-state index in [-0.39, 0.29) is 18.2 Å². The molecule has 4 nitrogen and oxygen atoms in total. The zero-order chi connectivity index (χ0) is 17.1. The summed E-state index contributed by atoms with van der Waals surface area (Å²) < 4.78 is 0. The molecule has 0 unspecified atom stereocenters. The molecule has 2 amide bonds. The molecular formula is C18H16Cl2N2O2. The van der Waals surface area contributed by atoms with E-state index >= 15 is 0 Å². The van der Waals surface area contributed by atoms with Crippen molar-refractivity contribution in [1.29, 1.82) is 0 Å². The molecule has 1 atom stereocenters. The van der Waals surface area contributed by atoms with Crippen LogP contribution in [0.2, 0.25) is 10.0 Å². The van der Waals surface area contributed by atoms with Gasteiger partial charge in [0.1, 0.15) is 0 Å². The number of anilines is 1. The average Bonchev–Trinajstić information content (AvgIpc) is 2.94. The lowest BCUT2D eigenvalue weighted by atomic mass is 10.1. The van der Waals surface area contributed by atoms with E-state index < -0.39 is 5.92 Å². The maximum Gasteiger partial charge on any atom is 0.229 e. The molecule has 0 aliphatic carbocycles. The van der Waals surface area contributed by atoms with Gasteiger partial charge in [-0.2, -0.15) is 0 Å². The lowest BCUT2D eigenvalue weighted by molar-refractivity contribution is -0.128. The molecule has 0 radical (unpaired) electrons. The Bertz CT molecular complexity index is 765. The third kappa shape index (κ3) is 3.71. The van der Waals surface area contributed by atoms with Crippen LogP contribution in [0.4, 0.5) is 5.69 Å². The number of nitrogens with zero attached hydrogens (tertiary/aromatic N) is 1. The van der Waals surface area contributed by atoms with Crippen LogP contribution in [0.1, 0.15) is 12.0 Å². The minimum atomic E-state index is -0.392. The first kappa shape index (κ1) is 16.8. The summed E-state index contributed by atoms with van der Waals surface area (Å²) >= 11 is 12.0. The molecule has 6 heteroatoms. The fraction of sp³-hybridized carbons (Fsp3) is 0.222. The van der Waals surface area contributed by atoms with Gasteiger partial charge in [-0.3, -0.25) is 9.59 Å². The summed E-state index contributed by atoms with van der Waals surface area (Å²) in [7, 11) is 0. The van der Waals surface area contributed by atoms with Crippen LogP contribution in [0, 0.1) is 5.92 Å². The topological polar surface area (TPSA) is 49.4 Å². The van der Waals surface area contributed by atoms with Crippen molar-refractivity contribution in [2.75, 3.05) is 11.9 Å². The predicted octanol–water partition coefficient (Wildman–Crippen LogP) is 3.98. The molecule has 1 aliphatic rings. The van der Waals surface area contributed by atoms with Crippen LogP contribution in [0.5, 0.6) is 0 Å². The average molecular weight is 363 g/mol. The van der Waals surface area contributed by atoms with Crippen molar-refractivity contribution >= 4 is 40.7 Å². The highest BCUT2D eigenvalue weighted by atomic mass is 35.5. The third-order valence-electron chi connectivity index (χ3n) is 4.01. The number of rotatable bonds is 4. The van der Waals surface area contributed by atoms with Crippen LogP contribution in [0.3, 0.4) is 0 Å². The Kier molecular flexibility index (Phi) is 5.07. The molecule has 24 heavy (non-hydrogen) atoms. The van der Waals surface area contributed by atoms with Crippen LogP contribution in [-0.2, 0) is 16.1 Å². The number of carbonyl (C=O) groups excluding carboxylic acids is 2. The Hall–Kier alpha value is -2.04. The monoisotopic (exact) mass is 362 g/mol. The number of likely N-dealkylation sites (tertiary alicyclic amines) is 1. The number of hydrogen-bond acceptors (Lipinski definition) is 2. The van der Waals surface area contributed by atoms with Crippen LogP contribution in [0.25, 0.3) is 0 Å². The largest absolute Gasteiger partial charge is 0.338 e. The van der Waals surface area contributed by atoms with E-state index in [9.17, 15) is 9.59 Å². The smallest absolute Gasteiger partial charge is 0.229 e. The lowest BCUT2D eigenvalue weighted by Gasteiger charge is -2.17. The van der Waals surface area contributed by atoms with E-state index in [1.165, 1.54) is 0 Å². The quantitative estimate of drug-likeness (QED) is 0.893. The summed E-state index contributed by atoms with van der Waals surface area (Å²) in [5.41, 5.74) is 1.51. The lowest BCUT2D eigenvalue weighted by Crippen LogP contribution is -2.28. The van der Waals surface area contributed by atoms with Crippen molar-refractivity contribution in [1.82, 2.24) is 4.90 Å². The summed E-state index contributed by atoms with van der Waals surface area (Å²) in [6.07, 6.45) is 0.205. The third-order valence-corrected chi connectivity index (χ3v) is 4.83. The number of nitrogens with one attached hydrogen (secondary N) is 1. The number of carbonyl (C=O) groups is 2. The van der Waals surface area contributed by atoms with Gasteiger partial charge in [0.2, 0.25) is 11.8 Å². The van der Waals surface area contributed by atoms with Crippen LogP contribution >= 0.6 is 23.2 Å². The second kappa shape index (κ2) is 7.24. The van der Waals surface area contributed by atoms with Gasteiger partial charge < -0.3 is 10.2 Å². The molecule has 1 heterocycles. The number of amides is 2. The Morgan fingerprint density at radius 2 is 1.88 bits per heavy atom. The fourth-order valence-corrected chi connectivity index (χ4v) is 3.09. The zero-order valence-corrected chi connectivity index (χ0v) is 14.3. The number of benzene rings is 2. The second-order valence-electron chi connectivity index (χ2n) is 5.75. The Balaban J connectivity index is 1.64. The normalized spacial score (nSPS) is 17.2. The van der Waals surface area contributed by atoms with Gasteiger partial charge in [0.25, 0.3) is 0 Å². The Labute approximate surface area is 150 Å².